The number of hydrogen-bond acceptors (Lipinski definition) is 4. The van der Waals surface area contributed by atoms with Crippen LogP contribution in [0.5, 0.6) is 0 Å². The zero-order valence-electron chi connectivity index (χ0n) is 12.0. The molecule has 0 radical (unpaired) electrons. The van der Waals surface area contributed by atoms with Crippen molar-refractivity contribution in [3.8, 4) is 0 Å². The lowest BCUT2D eigenvalue weighted by Gasteiger charge is -2.33. The van der Waals surface area contributed by atoms with Gasteiger partial charge in [-0.15, -0.1) is 0 Å². The van der Waals surface area contributed by atoms with Gasteiger partial charge in [-0.3, -0.25) is 9.89 Å². The summed E-state index contributed by atoms with van der Waals surface area (Å²) in [5.74, 6) is 0.405. The van der Waals surface area contributed by atoms with Crippen LogP contribution < -0.4 is 5.73 Å². The molecule has 2 unspecified atom stereocenters. The maximum atomic E-state index is 6.17. The van der Waals surface area contributed by atoms with Gasteiger partial charge in [0.25, 0.3) is 0 Å². The zero-order chi connectivity index (χ0) is 13.9. The second-order valence-corrected chi connectivity index (χ2v) is 5.79. The molecule has 4 nitrogen and oxygen atoms in total. The lowest BCUT2D eigenvalue weighted by atomic mass is 9.87. The smallest absolute Gasteiger partial charge is 0.0664 e. The summed E-state index contributed by atoms with van der Waals surface area (Å²) in [7, 11) is 2.16. The number of rotatable bonds is 2. The van der Waals surface area contributed by atoms with E-state index in [0.717, 1.165) is 32.7 Å². The molecule has 4 heteroatoms. The van der Waals surface area contributed by atoms with Gasteiger partial charge in [-0.2, -0.15) is 0 Å². The van der Waals surface area contributed by atoms with Crippen molar-refractivity contribution in [2.24, 2.45) is 10.7 Å². The highest BCUT2D eigenvalue weighted by Crippen LogP contribution is 2.28. The van der Waals surface area contributed by atoms with E-state index in [1.807, 2.05) is 6.21 Å². The monoisotopic (exact) mass is 273 g/mol. The Morgan fingerprint density at radius 1 is 1.25 bits per heavy atom. The van der Waals surface area contributed by atoms with E-state index >= 15 is 0 Å². The molecule has 1 fully saturated rings. The van der Waals surface area contributed by atoms with E-state index in [0.29, 0.717) is 12.0 Å². The van der Waals surface area contributed by atoms with Crippen LogP contribution in [0.2, 0.25) is 0 Å². The number of likely N-dealkylation sites (N-methyl/N-ethyl adjacent to an activating group) is 1. The van der Waals surface area contributed by atoms with Crippen LogP contribution in [-0.4, -0.2) is 50.5 Å². The molecule has 1 aromatic carbocycles. The van der Waals surface area contributed by atoms with Crippen LogP contribution in [0.1, 0.15) is 29.5 Å². The average molecular weight is 273 g/mol. The van der Waals surface area contributed by atoms with Gasteiger partial charge in [0, 0.05) is 18.5 Å². The summed E-state index contributed by atoms with van der Waals surface area (Å²) in [4.78, 5) is 6.62. The number of nitrogens with zero attached hydrogens (tertiary/aromatic N) is 2. The van der Waals surface area contributed by atoms with E-state index in [-0.39, 0.29) is 6.04 Å². The Bertz CT molecular complexity index is 471. The largest absolute Gasteiger partial charge is 0.378 e. The van der Waals surface area contributed by atoms with Gasteiger partial charge < -0.3 is 10.5 Å². The Hall–Kier alpha value is -1.23. The number of morpholine rings is 1. The minimum absolute atomic E-state index is 0.145. The summed E-state index contributed by atoms with van der Waals surface area (Å²) >= 11 is 0. The predicted molar refractivity (Wildman–Crippen MR) is 81.3 cm³/mol. The van der Waals surface area contributed by atoms with Crippen LogP contribution >= 0.6 is 0 Å². The molecular weight excluding hydrogens is 250 g/mol. The summed E-state index contributed by atoms with van der Waals surface area (Å²) in [5.41, 5.74) is 8.83. The second kappa shape index (κ2) is 6.04. The summed E-state index contributed by atoms with van der Waals surface area (Å²) in [6, 6.07) is 9.42. The van der Waals surface area contributed by atoms with Crippen LogP contribution in [0.3, 0.4) is 0 Å². The molecule has 1 aromatic rings. The van der Waals surface area contributed by atoms with Crippen LogP contribution in [0.15, 0.2) is 29.3 Å². The van der Waals surface area contributed by atoms with Crippen LogP contribution in [-0.2, 0) is 4.74 Å². The molecule has 0 aromatic heterocycles. The van der Waals surface area contributed by atoms with Gasteiger partial charge in [-0.1, -0.05) is 24.3 Å². The first-order valence-corrected chi connectivity index (χ1v) is 7.37. The summed E-state index contributed by atoms with van der Waals surface area (Å²) in [5, 5.41) is 0. The third-order valence-electron chi connectivity index (χ3n) is 4.47. The number of nitrogens with two attached hydrogens (primary N) is 1. The van der Waals surface area contributed by atoms with E-state index in [9.17, 15) is 0 Å². The second-order valence-electron chi connectivity index (χ2n) is 5.79. The Morgan fingerprint density at radius 3 is 2.70 bits per heavy atom. The van der Waals surface area contributed by atoms with Crippen LogP contribution in [0, 0.1) is 0 Å². The molecule has 20 heavy (non-hydrogen) atoms. The lowest BCUT2D eigenvalue weighted by Crippen LogP contribution is -2.36. The molecule has 3 atom stereocenters. The molecule has 2 N–H and O–H groups in total. The standard InChI is InChI=1S/C16H23N3O/c1-19-8-9-20-11-16(19)13-4-2-12(3-5-13)14-6-7-18-10-15(14)17/h2-5,7,14-16H,6,8-11,17H2,1H3/t14?,15?,16-/m1/s1. The van der Waals surface area contributed by atoms with Gasteiger partial charge in [0.05, 0.1) is 25.8 Å². The highest BCUT2D eigenvalue weighted by molar-refractivity contribution is 5.60. The highest BCUT2D eigenvalue weighted by Gasteiger charge is 2.24. The van der Waals surface area contributed by atoms with Crippen molar-refractivity contribution in [2.75, 3.05) is 33.4 Å². The molecule has 0 saturated carbocycles. The van der Waals surface area contributed by atoms with Gasteiger partial charge in [-0.25, -0.2) is 0 Å². The van der Waals surface area contributed by atoms with Gasteiger partial charge in [0.2, 0.25) is 0 Å². The van der Waals surface area contributed by atoms with Crippen molar-refractivity contribution in [3.05, 3.63) is 35.4 Å². The van der Waals surface area contributed by atoms with Crippen molar-refractivity contribution in [3.63, 3.8) is 0 Å². The first-order valence-electron chi connectivity index (χ1n) is 7.37. The highest BCUT2D eigenvalue weighted by atomic mass is 16.5. The number of aliphatic imine (C=N–C) groups is 1. The summed E-state index contributed by atoms with van der Waals surface area (Å²) < 4.78 is 5.59. The third kappa shape index (κ3) is 2.77. The number of ether oxygens (including phenoxy) is 1. The minimum atomic E-state index is 0.145. The number of hydrogen-bond donors (Lipinski definition) is 1. The Morgan fingerprint density at radius 2 is 2.00 bits per heavy atom. The normalized spacial score (nSPS) is 31.4. The SMILES string of the molecule is CN1CCOC[C@@H]1c1ccc(C2CC=NCC2N)cc1. The Balaban J connectivity index is 1.75. The fourth-order valence-electron chi connectivity index (χ4n) is 3.07. The maximum Gasteiger partial charge on any atom is 0.0664 e. The fraction of sp³-hybridized carbons (Fsp3) is 0.562. The van der Waals surface area contributed by atoms with Gasteiger partial charge in [-0.05, 0) is 30.8 Å². The molecule has 0 amide bonds. The minimum Gasteiger partial charge on any atom is -0.378 e. The van der Waals surface area contributed by atoms with Gasteiger partial charge in [0.15, 0.2) is 0 Å². The lowest BCUT2D eigenvalue weighted by molar-refractivity contribution is 0.00505. The Kier molecular flexibility index (Phi) is 4.15. The molecule has 0 spiro atoms. The van der Waals surface area contributed by atoms with Crippen molar-refractivity contribution < 1.29 is 4.74 Å². The quantitative estimate of drug-likeness (QED) is 0.890. The molecule has 2 aliphatic rings. The molecule has 108 valence electrons. The Labute approximate surface area is 120 Å². The van der Waals surface area contributed by atoms with Crippen molar-refractivity contribution in [1.29, 1.82) is 0 Å². The maximum absolute atomic E-state index is 6.17. The zero-order valence-corrected chi connectivity index (χ0v) is 12.0. The van der Waals surface area contributed by atoms with E-state index < -0.39 is 0 Å². The van der Waals surface area contributed by atoms with Gasteiger partial charge in [0.1, 0.15) is 0 Å². The van der Waals surface area contributed by atoms with Crippen LogP contribution in [0.25, 0.3) is 0 Å². The predicted octanol–water partition coefficient (Wildman–Crippen LogP) is 1.58. The molecule has 0 bridgehead atoms. The van der Waals surface area contributed by atoms with Gasteiger partial charge >= 0.3 is 0 Å². The molecular formula is C16H23N3O. The fourth-order valence-corrected chi connectivity index (χ4v) is 3.07. The molecule has 2 aliphatic heterocycles. The van der Waals surface area contributed by atoms with Crippen molar-refractivity contribution in [2.45, 2.75) is 24.4 Å². The topological polar surface area (TPSA) is 50.8 Å². The number of benzene rings is 1. The van der Waals surface area contributed by atoms with Crippen molar-refractivity contribution >= 4 is 6.21 Å². The van der Waals surface area contributed by atoms with E-state index in [2.05, 4.69) is 41.2 Å². The molecule has 3 rings (SSSR count). The van der Waals surface area contributed by atoms with E-state index in [1.54, 1.807) is 0 Å². The molecule has 1 saturated heterocycles. The third-order valence-corrected chi connectivity index (χ3v) is 4.47. The van der Waals surface area contributed by atoms with E-state index in [1.165, 1.54) is 11.1 Å². The first kappa shape index (κ1) is 13.7. The van der Waals surface area contributed by atoms with E-state index in [4.69, 9.17) is 10.5 Å². The molecule has 0 aliphatic carbocycles. The first-order chi connectivity index (χ1) is 9.75. The van der Waals surface area contributed by atoms with Crippen molar-refractivity contribution in [1.82, 2.24) is 4.90 Å². The summed E-state index contributed by atoms with van der Waals surface area (Å²) in [6.07, 6.45) is 2.96. The average Bonchev–Trinajstić information content (AvgIpc) is 2.49. The van der Waals surface area contributed by atoms with Crippen LogP contribution in [0.4, 0.5) is 0 Å². The molecule has 2 heterocycles. The summed E-state index contributed by atoms with van der Waals surface area (Å²) in [6.45, 7) is 3.36.